The number of esters is 1. The number of nitrogens with one attached hydrogen (secondary N) is 1. The number of aromatic amines is 1. The topological polar surface area (TPSA) is 88.0 Å². The lowest BCUT2D eigenvalue weighted by Gasteiger charge is -2.06. The number of ether oxygens (including phenoxy) is 2. The second kappa shape index (κ2) is 4.14. The molecule has 2 rings (SSSR count). The smallest absolute Gasteiger partial charge is 0.343 e. The first-order chi connectivity index (χ1) is 8.21. The molecule has 0 fully saturated rings. The number of methoxy groups -OCH3 is 2. The zero-order chi connectivity index (χ0) is 12.4. The highest BCUT2D eigenvalue weighted by molar-refractivity contribution is 6.04. The number of rotatable bonds is 2. The van der Waals surface area contributed by atoms with Crippen molar-refractivity contribution in [2.45, 2.75) is 0 Å². The summed E-state index contributed by atoms with van der Waals surface area (Å²) in [4.78, 5) is 18.5. The van der Waals surface area contributed by atoms with Gasteiger partial charge in [-0.2, -0.15) is 5.26 Å². The van der Waals surface area contributed by atoms with E-state index in [4.69, 9.17) is 10.00 Å². The molecule has 1 aromatic carbocycles. The lowest BCUT2D eigenvalue weighted by molar-refractivity contribution is 0.0599. The number of nitriles is 1. The molecule has 1 heterocycles. The molecule has 0 amide bonds. The number of hydrogen-bond acceptors (Lipinski definition) is 5. The van der Waals surface area contributed by atoms with Crippen molar-refractivity contribution in [1.82, 2.24) is 9.97 Å². The minimum Gasteiger partial charge on any atom is -0.496 e. The van der Waals surface area contributed by atoms with Crippen LogP contribution < -0.4 is 4.74 Å². The molecule has 86 valence electrons. The Morgan fingerprint density at radius 2 is 2.24 bits per heavy atom. The number of imidazole rings is 1. The van der Waals surface area contributed by atoms with E-state index in [1.54, 1.807) is 12.1 Å². The molecular formula is C11H9N3O3. The number of hydrogen-bond donors (Lipinski definition) is 1. The van der Waals surface area contributed by atoms with Crippen LogP contribution in [0, 0.1) is 11.3 Å². The van der Waals surface area contributed by atoms with Crippen molar-refractivity contribution in [2.24, 2.45) is 0 Å². The lowest BCUT2D eigenvalue weighted by atomic mass is 10.1. The van der Waals surface area contributed by atoms with Crippen molar-refractivity contribution in [3.63, 3.8) is 0 Å². The van der Waals surface area contributed by atoms with E-state index in [0.29, 0.717) is 16.8 Å². The van der Waals surface area contributed by atoms with E-state index in [9.17, 15) is 4.79 Å². The molecule has 0 saturated carbocycles. The zero-order valence-electron chi connectivity index (χ0n) is 9.27. The third-order valence-corrected chi connectivity index (χ3v) is 2.33. The Morgan fingerprint density at radius 1 is 1.47 bits per heavy atom. The molecule has 1 N–H and O–H groups in total. The van der Waals surface area contributed by atoms with Crippen LogP contribution in [0.1, 0.15) is 16.2 Å². The van der Waals surface area contributed by atoms with Crippen molar-refractivity contribution >= 4 is 17.0 Å². The summed E-state index contributed by atoms with van der Waals surface area (Å²) in [5.74, 6) is -0.0535. The molecule has 0 aliphatic rings. The van der Waals surface area contributed by atoms with Gasteiger partial charge in [-0.1, -0.05) is 0 Å². The fourth-order valence-electron chi connectivity index (χ4n) is 1.58. The molecular weight excluding hydrogens is 222 g/mol. The van der Waals surface area contributed by atoms with E-state index in [-0.39, 0.29) is 11.4 Å². The molecule has 6 heteroatoms. The van der Waals surface area contributed by atoms with Gasteiger partial charge in [0, 0.05) is 0 Å². The normalized spacial score (nSPS) is 9.94. The van der Waals surface area contributed by atoms with Gasteiger partial charge in [0.2, 0.25) is 5.82 Å². The van der Waals surface area contributed by atoms with Crippen LogP contribution in [0.15, 0.2) is 12.1 Å². The number of fused-ring (bicyclic) bond motifs is 1. The molecule has 0 spiro atoms. The molecule has 0 radical (unpaired) electrons. The maximum Gasteiger partial charge on any atom is 0.343 e. The van der Waals surface area contributed by atoms with Crippen LogP contribution >= 0.6 is 0 Å². The van der Waals surface area contributed by atoms with Crippen LogP contribution in [0.3, 0.4) is 0 Å². The van der Waals surface area contributed by atoms with Gasteiger partial charge >= 0.3 is 5.97 Å². The quantitative estimate of drug-likeness (QED) is 0.785. The molecule has 0 atom stereocenters. The average molecular weight is 231 g/mol. The number of benzene rings is 1. The minimum atomic E-state index is -0.552. The van der Waals surface area contributed by atoms with Crippen molar-refractivity contribution in [2.75, 3.05) is 14.2 Å². The largest absolute Gasteiger partial charge is 0.496 e. The second-order valence-corrected chi connectivity index (χ2v) is 3.23. The van der Waals surface area contributed by atoms with Gasteiger partial charge in [-0.3, -0.25) is 0 Å². The summed E-state index contributed by atoms with van der Waals surface area (Å²) >= 11 is 0. The summed E-state index contributed by atoms with van der Waals surface area (Å²) in [6.45, 7) is 0. The number of aromatic nitrogens is 2. The number of carbonyl (C=O) groups is 1. The lowest BCUT2D eigenvalue weighted by Crippen LogP contribution is -2.05. The molecule has 0 aliphatic carbocycles. The standard InChI is InChI=1S/C11H9N3O3/c1-16-7-4-3-6-10(9(7)11(15)17-2)14-8(5-12)13-6/h3-4H,1-2H3,(H,13,14). The molecule has 2 aromatic rings. The van der Waals surface area contributed by atoms with Crippen molar-refractivity contribution in [1.29, 1.82) is 5.26 Å². The maximum atomic E-state index is 11.7. The summed E-state index contributed by atoms with van der Waals surface area (Å²) in [6, 6.07) is 5.19. The second-order valence-electron chi connectivity index (χ2n) is 3.23. The minimum absolute atomic E-state index is 0.137. The molecule has 0 aliphatic heterocycles. The molecule has 6 nitrogen and oxygen atoms in total. The zero-order valence-corrected chi connectivity index (χ0v) is 9.27. The molecule has 0 unspecified atom stereocenters. The summed E-state index contributed by atoms with van der Waals surface area (Å²) in [6.07, 6.45) is 0. The first kappa shape index (κ1) is 11.0. The Morgan fingerprint density at radius 3 is 2.82 bits per heavy atom. The van der Waals surface area contributed by atoms with Crippen molar-refractivity contribution in [3.8, 4) is 11.8 Å². The van der Waals surface area contributed by atoms with E-state index in [0.717, 1.165) is 0 Å². The fraction of sp³-hybridized carbons (Fsp3) is 0.182. The van der Waals surface area contributed by atoms with Gasteiger partial charge in [0.15, 0.2) is 0 Å². The summed E-state index contributed by atoms with van der Waals surface area (Å²) in [5.41, 5.74) is 1.17. The third kappa shape index (κ3) is 1.67. The van der Waals surface area contributed by atoms with Gasteiger partial charge in [-0.05, 0) is 12.1 Å². The Labute approximate surface area is 96.8 Å². The van der Waals surface area contributed by atoms with Crippen LogP contribution in [0.4, 0.5) is 0 Å². The Bertz CT molecular complexity index is 625. The van der Waals surface area contributed by atoms with Crippen molar-refractivity contribution < 1.29 is 14.3 Å². The van der Waals surface area contributed by atoms with Gasteiger partial charge < -0.3 is 14.5 Å². The summed E-state index contributed by atoms with van der Waals surface area (Å²) < 4.78 is 9.76. The Hall–Kier alpha value is -2.55. The maximum absolute atomic E-state index is 11.7. The van der Waals surface area contributed by atoms with Gasteiger partial charge in [0.1, 0.15) is 22.9 Å². The highest BCUT2D eigenvalue weighted by Crippen LogP contribution is 2.27. The summed E-state index contributed by atoms with van der Waals surface area (Å²) in [7, 11) is 2.73. The fourth-order valence-corrected chi connectivity index (χ4v) is 1.58. The van der Waals surface area contributed by atoms with Gasteiger partial charge in [-0.15, -0.1) is 0 Å². The highest BCUT2D eigenvalue weighted by Gasteiger charge is 2.19. The van der Waals surface area contributed by atoms with Crippen LogP contribution in [-0.4, -0.2) is 30.2 Å². The SMILES string of the molecule is COC(=O)c1c(OC)ccc2[nH]c(C#N)nc12. The number of carbonyl (C=O) groups excluding carboxylic acids is 1. The van der Waals surface area contributed by atoms with E-state index in [2.05, 4.69) is 14.7 Å². The predicted octanol–water partition coefficient (Wildman–Crippen LogP) is 1.23. The van der Waals surface area contributed by atoms with Crippen LogP contribution in [-0.2, 0) is 4.74 Å². The number of nitrogens with zero attached hydrogens (tertiary/aromatic N) is 2. The van der Waals surface area contributed by atoms with Gasteiger partial charge in [-0.25, -0.2) is 9.78 Å². The predicted molar refractivity (Wildman–Crippen MR) is 58.7 cm³/mol. The Balaban J connectivity index is 2.78. The molecule has 0 bridgehead atoms. The monoisotopic (exact) mass is 231 g/mol. The summed E-state index contributed by atoms with van der Waals surface area (Å²) in [5, 5.41) is 8.76. The molecule has 1 aromatic heterocycles. The highest BCUT2D eigenvalue weighted by atomic mass is 16.5. The Kier molecular flexibility index (Phi) is 2.66. The van der Waals surface area contributed by atoms with Gasteiger partial charge in [0.25, 0.3) is 0 Å². The number of H-pyrrole nitrogens is 1. The first-order valence-electron chi connectivity index (χ1n) is 4.76. The van der Waals surface area contributed by atoms with Crippen molar-refractivity contribution in [3.05, 3.63) is 23.5 Å². The molecule has 17 heavy (non-hydrogen) atoms. The van der Waals surface area contributed by atoms with Crippen LogP contribution in [0.25, 0.3) is 11.0 Å². The van der Waals surface area contributed by atoms with Gasteiger partial charge in [0.05, 0.1) is 19.7 Å². The first-order valence-corrected chi connectivity index (χ1v) is 4.76. The van der Waals surface area contributed by atoms with Crippen LogP contribution in [0.2, 0.25) is 0 Å². The van der Waals surface area contributed by atoms with E-state index < -0.39 is 5.97 Å². The third-order valence-electron chi connectivity index (χ3n) is 2.33. The molecule has 0 saturated heterocycles. The van der Waals surface area contributed by atoms with E-state index in [1.807, 2.05) is 6.07 Å². The van der Waals surface area contributed by atoms with E-state index >= 15 is 0 Å². The average Bonchev–Trinajstić information content (AvgIpc) is 2.79. The van der Waals surface area contributed by atoms with Crippen LogP contribution in [0.5, 0.6) is 5.75 Å². The van der Waals surface area contributed by atoms with E-state index in [1.165, 1.54) is 14.2 Å².